The topological polar surface area (TPSA) is 48.0 Å². The minimum absolute atomic E-state index is 0.101. The van der Waals surface area contributed by atoms with Crippen molar-refractivity contribution < 1.29 is 0 Å². The highest BCUT2D eigenvalue weighted by atomic mass is 16.1. The molecule has 3 nitrogen and oxygen atoms in total. The van der Waals surface area contributed by atoms with E-state index in [0.29, 0.717) is 6.04 Å². The average molecular weight is 234 g/mol. The Morgan fingerprint density at radius 2 is 1.88 bits per heavy atom. The molecule has 0 bridgehead atoms. The number of rotatable bonds is 2. The minimum atomic E-state index is -0.564. The van der Waals surface area contributed by atoms with E-state index < -0.39 is 5.54 Å². The third-order valence-electron chi connectivity index (χ3n) is 3.70. The van der Waals surface area contributed by atoms with Gasteiger partial charge in [-0.2, -0.15) is 0 Å². The molecule has 0 amide bonds. The second-order valence-electron chi connectivity index (χ2n) is 5.72. The van der Waals surface area contributed by atoms with Gasteiger partial charge in [0.2, 0.25) is 0 Å². The Hall–Kier alpha value is -1.09. The standard InChI is InChI=1S/C14H22N2O/c1-10-8-9-12(14(2,3)15)13(17)16(10)11-6-4-5-7-11/h8-9,11H,4-7,15H2,1-3H3. The van der Waals surface area contributed by atoms with Crippen molar-refractivity contribution >= 4 is 0 Å². The molecule has 0 aromatic carbocycles. The maximum atomic E-state index is 12.5. The van der Waals surface area contributed by atoms with Crippen LogP contribution in [0.1, 0.15) is 56.8 Å². The molecule has 1 aromatic rings. The molecule has 3 heteroatoms. The number of hydrogen-bond donors (Lipinski definition) is 1. The van der Waals surface area contributed by atoms with Crippen LogP contribution in [0, 0.1) is 6.92 Å². The number of aryl methyl sites for hydroxylation is 1. The van der Waals surface area contributed by atoms with Gasteiger partial charge in [0.15, 0.2) is 0 Å². The first-order valence-corrected chi connectivity index (χ1v) is 6.43. The first-order chi connectivity index (χ1) is 7.91. The molecule has 0 spiro atoms. The Balaban J connectivity index is 2.54. The van der Waals surface area contributed by atoms with E-state index in [2.05, 4.69) is 0 Å². The highest BCUT2D eigenvalue weighted by Crippen LogP contribution is 2.29. The molecule has 94 valence electrons. The van der Waals surface area contributed by atoms with Gasteiger partial charge < -0.3 is 10.3 Å². The van der Waals surface area contributed by atoms with Gasteiger partial charge in [-0.1, -0.05) is 12.8 Å². The summed E-state index contributed by atoms with van der Waals surface area (Å²) in [6.07, 6.45) is 4.70. The van der Waals surface area contributed by atoms with Gasteiger partial charge in [0.1, 0.15) is 0 Å². The van der Waals surface area contributed by atoms with E-state index in [1.54, 1.807) is 0 Å². The molecule has 0 radical (unpaired) electrons. The van der Waals surface area contributed by atoms with Crippen LogP contribution in [0.2, 0.25) is 0 Å². The zero-order valence-corrected chi connectivity index (χ0v) is 11.0. The first-order valence-electron chi connectivity index (χ1n) is 6.43. The third-order valence-corrected chi connectivity index (χ3v) is 3.70. The summed E-state index contributed by atoms with van der Waals surface area (Å²) < 4.78 is 1.96. The number of nitrogens with two attached hydrogens (primary N) is 1. The molecule has 0 unspecified atom stereocenters. The van der Waals surface area contributed by atoms with Gasteiger partial charge in [0.05, 0.1) is 0 Å². The number of nitrogens with zero attached hydrogens (tertiary/aromatic N) is 1. The lowest BCUT2D eigenvalue weighted by Gasteiger charge is -2.23. The molecule has 1 heterocycles. The molecule has 1 fully saturated rings. The molecular weight excluding hydrogens is 212 g/mol. The van der Waals surface area contributed by atoms with Crippen molar-refractivity contribution in [2.45, 2.75) is 58.0 Å². The zero-order chi connectivity index (χ0) is 12.6. The van der Waals surface area contributed by atoms with Crippen molar-refractivity contribution in [3.05, 3.63) is 33.7 Å². The van der Waals surface area contributed by atoms with Crippen molar-refractivity contribution in [2.75, 3.05) is 0 Å². The van der Waals surface area contributed by atoms with Crippen LogP contribution in [-0.4, -0.2) is 4.57 Å². The SMILES string of the molecule is Cc1ccc(C(C)(C)N)c(=O)n1C1CCCC1. The van der Waals surface area contributed by atoms with Crippen molar-refractivity contribution in [1.29, 1.82) is 0 Å². The summed E-state index contributed by atoms with van der Waals surface area (Å²) in [6, 6.07) is 4.28. The molecule has 1 aromatic heterocycles. The summed E-state index contributed by atoms with van der Waals surface area (Å²) in [5, 5.41) is 0. The summed E-state index contributed by atoms with van der Waals surface area (Å²) in [4.78, 5) is 12.5. The highest BCUT2D eigenvalue weighted by molar-refractivity contribution is 5.22. The van der Waals surface area contributed by atoms with Crippen LogP contribution in [0.3, 0.4) is 0 Å². The summed E-state index contributed by atoms with van der Waals surface area (Å²) in [6.45, 7) is 5.78. The van der Waals surface area contributed by atoms with Crippen molar-refractivity contribution in [3.8, 4) is 0 Å². The largest absolute Gasteiger partial charge is 0.322 e. The smallest absolute Gasteiger partial charge is 0.256 e. The van der Waals surface area contributed by atoms with E-state index in [1.165, 1.54) is 12.8 Å². The van der Waals surface area contributed by atoms with Crippen molar-refractivity contribution in [2.24, 2.45) is 5.73 Å². The van der Waals surface area contributed by atoms with Crippen LogP contribution < -0.4 is 11.3 Å². The van der Waals surface area contributed by atoms with Crippen molar-refractivity contribution in [1.82, 2.24) is 4.57 Å². The summed E-state index contributed by atoms with van der Waals surface area (Å²) in [5.41, 5.74) is 7.37. The minimum Gasteiger partial charge on any atom is -0.322 e. The highest BCUT2D eigenvalue weighted by Gasteiger charge is 2.24. The second kappa shape index (κ2) is 4.30. The monoisotopic (exact) mass is 234 g/mol. The van der Waals surface area contributed by atoms with Crippen LogP contribution in [0.15, 0.2) is 16.9 Å². The van der Waals surface area contributed by atoms with E-state index in [-0.39, 0.29) is 5.56 Å². The van der Waals surface area contributed by atoms with Gasteiger partial charge in [0, 0.05) is 22.8 Å². The van der Waals surface area contributed by atoms with Crippen LogP contribution in [0.4, 0.5) is 0 Å². The van der Waals surface area contributed by atoms with Gasteiger partial charge >= 0.3 is 0 Å². The molecule has 2 rings (SSSR count). The first kappa shape index (κ1) is 12.4. The normalized spacial score (nSPS) is 17.6. The predicted molar refractivity (Wildman–Crippen MR) is 70.2 cm³/mol. The van der Waals surface area contributed by atoms with Crippen LogP contribution in [0.5, 0.6) is 0 Å². The summed E-state index contributed by atoms with van der Waals surface area (Å²) in [5.74, 6) is 0. The van der Waals surface area contributed by atoms with Gasteiger partial charge in [-0.15, -0.1) is 0 Å². The Labute approximate surface area is 103 Å². The quantitative estimate of drug-likeness (QED) is 0.854. The molecule has 1 aliphatic carbocycles. The Bertz CT molecular complexity index is 462. The molecule has 2 N–H and O–H groups in total. The van der Waals surface area contributed by atoms with Gasteiger partial charge in [0.25, 0.3) is 5.56 Å². The predicted octanol–water partition coefficient (Wildman–Crippen LogP) is 2.47. The van der Waals surface area contributed by atoms with E-state index >= 15 is 0 Å². The Morgan fingerprint density at radius 1 is 1.29 bits per heavy atom. The molecule has 0 atom stereocenters. The van der Waals surface area contributed by atoms with Gasteiger partial charge in [-0.3, -0.25) is 4.79 Å². The Kier molecular flexibility index (Phi) is 3.13. The molecular formula is C14H22N2O. The molecule has 1 saturated carbocycles. The third kappa shape index (κ3) is 2.29. The average Bonchev–Trinajstić information content (AvgIpc) is 2.68. The number of aromatic nitrogens is 1. The molecule has 0 aliphatic heterocycles. The zero-order valence-electron chi connectivity index (χ0n) is 11.0. The Morgan fingerprint density at radius 3 is 2.41 bits per heavy atom. The fourth-order valence-corrected chi connectivity index (χ4v) is 2.75. The molecule has 0 saturated heterocycles. The van der Waals surface area contributed by atoms with Gasteiger partial charge in [-0.05, 0) is 45.7 Å². The van der Waals surface area contributed by atoms with E-state index in [4.69, 9.17) is 5.73 Å². The lowest BCUT2D eigenvalue weighted by atomic mass is 9.96. The fourth-order valence-electron chi connectivity index (χ4n) is 2.75. The molecule has 1 aliphatic rings. The van der Waals surface area contributed by atoms with Crippen LogP contribution >= 0.6 is 0 Å². The fraction of sp³-hybridized carbons (Fsp3) is 0.643. The van der Waals surface area contributed by atoms with E-state index in [9.17, 15) is 4.79 Å². The maximum absolute atomic E-state index is 12.5. The number of hydrogen-bond acceptors (Lipinski definition) is 2. The summed E-state index contributed by atoms with van der Waals surface area (Å²) in [7, 11) is 0. The maximum Gasteiger partial charge on any atom is 0.256 e. The van der Waals surface area contributed by atoms with Gasteiger partial charge in [-0.25, -0.2) is 0 Å². The lowest BCUT2D eigenvalue weighted by molar-refractivity contribution is 0.469. The number of pyridine rings is 1. The van der Waals surface area contributed by atoms with E-state index in [0.717, 1.165) is 24.1 Å². The van der Waals surface area contributed by atoms with E-state index in [1.807, 2.05) is 37.5 Å². The van der Waals surface area contributed by atoms with Crippen LogP contribution in [0.25, 0.3) is 0 Å². The van der Waals surface area contributed by atoms with Crippen molar-refractivity contribution in [3.63, 3.8) is 0 Å². The molecule has 17 heavy (non-hydrogen) atoms. The second-order valence-corrected chi connectivity index (χ2v) is 5.72. The summed E-state index contributed by atoms with van der Waals surface area (Å²) >= 11 is 0. The van der Waals surface area contributed by atoms with Crippen LogP contribution in [-0.2, 0) is 5.54 Å². The lowest BCUT2D eigenvalue weighted by Crippen LogP contribution is -2.39.